The second-order valence-electron chi connectivity index (χ2n) is 6.52. The van der Waals surface area contributed by atoms with E-state index in [1.807, 2.05) is 24.6 Å². The molecule has 0 unspecified atom stereocenters. The Bertz CT molecular complexity index is 776. The molecule has 0 saturated heterocycles. The van der Waals surface area contributed by atoms with Crippen molar-refractivity contribution < 1.29 is 14.3 Å². The first-order valence-electron chi connectivity index (χ1n) is 8.62. The molecule has 6 heteroatoms. The Morgan fingerprint density at radius 1 is 1.20 bits per heavy atom. The molecule has 1 aromatic carbocycles. The molecule has 1 saturated carbocycles. The lowest BCUT2D eigenvalue weighted by molar-refractivity contribution is -0.119. The van der Waals surface area contributed by atoms with E-state index in [1.165, 1.54) is 12.8 Å². The lowest BCUT2D eigenvalue weighted by Crippen LogP contribution is -2.23. The highest BCUT2D eigenvalue weighted by Gasteiger charge is 2.20. The van der Waals surface area contributed by atoms with E-state index in [0.717, 1.165) is 24.0 Å². The summed E-state index contributed by atoms with van der Waals surface area (Å²) >= 11 is 0. The van der Waals surface area contributed by atoms with Crippen molar-refractivity contribution >= 4 is 17.7 Å². The normalized spacial score (nSPS) is 14.5. The van der Waals surface area contributed by atoms with Crippen LogP contribution in [0.1, 0.15) is 53.2 Å². The van der Waals surface area contributed by atoms with Gasteiger partial charge in [-0.3, -0.25) is 4.79 Å². The molecule has 25 heavy (non-hydrogen) atoms. The highest BCUT2D eigenvalue weighted by molar-refractivity contribution is 5.95. The number of hydrogen-bond donors (Lipinski definition) is 1. The number of rotatable bonds is 5. The zero-order valence-corrected chi connectivity index (χ0v) is 14.6. The predicted molar refractivity (Wildman–Crippen MR) is 94.6 cm³/mol. The Morgan fingerprint density at radius 2 is 1.96 bits per heavy atom. The maximum Gasteiger partial charge on any atom is 0.338 e. The highest BCUT2D eigenvalue weighted by atomic mass is 16.5. The molecule has 2 aromatic rings. The zero-order chi connectivity index (χ0) is 17.8. The van der Waals surface area contributed by atoms with Crippen LogP contribution in [-0.4, -0.2) is 28.3 Å². The number of nitrogens with one attached hydrogen (secondary N) is 1. The third-order valence-corrected chi connectivity index (χ3v) is 4.69. The SMILES string of the molecule is Cc1ccc(C(=O)OCC(=O)Nc2ccnn2C2CCCC2)cc1C. The second-order valence-corrected chi connectivity index (χ2v) is 6.52. The Hall–Kier alpha value is -2.63. The minimum Gasteiger partial charge on any atom is -0.452 e. The summed E-state index contributed by atoms with van der Waals surface area (Å²) in [6, 6.07) is 7.44. The smallest absolute Gasteiger partial charge is 0.338 e. The number of amides is 1. The molecular formula is C19H23N3O3. The van der Waals surface area contributed by atoms with Crippen molar-refractivity contribution in [3.63, 3.8) is 0 Å². The fraction of sp³-hybridized carbons (Fsp3) is 0.421. The second kappa shape index (κ2) is 7.51. The first-order valence-corrected chi connectivity index (χ1v) is 8.62. The van der Waals surface area contributed by atoms with Gasteiger partial charge in [-0.2, -0.15) is 5.10 Å². The van der Waals surface area contributed by atoms with E-state index >= 15 is 0 Å². The van der Waals surface area contributed by atoms with Crippen LogP contribution in [0.2, 0.25) is 0 Å². The summed E-state index contributed by atoms with van der Waals surface area (Å²) in [5.41, 5.74) is 2.57. The van der Waals surface area contributed by atoms with Gasteiger partial charge in [0.1, 0.15) is 5.82 Å². The largest absolute Gasteiger partial charge is 0.452 e. The molecule has 0 radical (unpaired) electrons. The number of aryl methyl sites for hydroxylation is 2. The fourth-order valence-corrected chi connectivity index (χ4v) is 3.11. The average molecular weight is 341 g/mol. The molecule has 0 atom stereocenters. The Labute approximate surface area is 147 Å². The average Bonchev–Trinajstić information content (AvgIpc) is 3.26. The number of carbonyl (C=O) groups excluding carboxylic acids is 2. The number of ether oxygens (including phenoxy) is 1. The van der Waals surface area contributed by atoms with Gasteiger partial charge in [-0.25, -0.2) is 9.48 Å². The number of carbonyl (C=O) groups is 2. The van der Waals surface area contributed by atoms with Crippen LogP contribution in [0.4, 0.5) is 5.82 Å². The van der Waals surface area contributed by atoms with E-state index < -0.39 is 5.97 Å². The Balaban J connectivity index is 1.55. The summed E-state index contributed by atoms with van der Waals surface area (Å²) < 4.78 is 6.98. The van der Waals surface area contributed by atoms with E-state index in [1.54, 1.807) is 24.4 Å². The van der Waals surface area contributed by atoms with E-state index in [2.05, 4.69) is 10.4 Å². The van der Waals surface area contributed by atoms with Gasteiger partial charge in [-0.15, -0.1) is 0 Å². The van der Waals surface area contributed by atoms with Crippen molar-refractivity contribution in [3.05, 3.63) is 47.2 Å². The van der Waals surface area contributed by atoms with E-state index in [9.17, 15) is 9.59 Å². The van der Waals surface area contributed by atoms with Crippen LogP contribution in [0.25, 0.3) is 0 Å². The first kappa shape index (κ1) is 17.2. The summed E-state index contributed by atoms with van der Waals surface area (Å²) in [6.07, 6.45) is 6.20. The monoisotopic (exact) mass is 341 g/mol. The molecule has 1 aliphatic carbocycles. The van der Waals surface area contributed by atoms with Gasteiger partial charge >= 0.3 is 5.97 Å². The van der Waals surface area contributed by atoms with Crippen LogP contribution in [0, 0.1) is 13.8 Å². The van der Waals surface area contributed by atoms with Gasteiger partial charge in [-0.1, -0.05) is 18.9 Å². The van der Waals surface area contributed by atoms with Crippen molar-refractivity contribution in [2.45, 2.75) is 45.6 Å². The molecule has 1 fully saturated rings. The van der Waals surface area contributed by atoms with Crippen molar-refractivity contribution in [1.29, 1.82) is 0 Å². The lowest BCUT2D eigenvalue weighted by Gasteiger charge is -2.14. The summed E-state index contributed by atoms with van der Waals surface area (Å²) in [5.74, 6) is -0.210. The van der Waals surface area contributed by atoms with Gasteiger partial charge in [-0.05, 0) is 49.9 Å². The Kier molecular flexibility index (Phi) is 5.16. The summed E-state index contributed by atoms with van der Waals surface area (Å²) in [6.45, 7) is 3.59. The van der Waals surface area contributed by atoms with Crippen LogP contribution in [0.3, 0.4) is 0 Å². The van der Waals surface area contributed by atoms with Gasteiger partial charge in [0.05, 0.1) is 17.8 Å². The number of nitrogens with zero attached hydrogens (tertiary/aromatic N) is 2. The number of hydrogen-bond acceptors (Lipinski definition) is 4. The van der Waals surface area contributed by atoms with Gasteiger partial charge in [0.2, 0.25) is 0 Å². The maximum absolute atomic E-state index is 12.1. The minimum atomic E-state index is -0.498. The molecule has 3 rings (SSSR count). The molecule has 1 aliphatic rings. The number of benzene rings is 1. The summed E-state index contributed by atoms with van der Waals surface area (Å²) in [4.78, 5) is 24.2. The molecular weight excluding hydrogens is 318 g/mol. The lowest BCUT2D eigenvalue weighted by atomic mass is 10.1. The number of anilines is 1. The van der Waals surface area contributed by atoms with Crippen LogP contribution in [0.15, 0.2) is 30.5 Å². The molecule has 0 spiro atoms. The molecule has 6 nitrogen and oxygen atoms in total. The third kappa shape index (κ3) is 4.07. The number of esters is 1. The van der Waals surface area contributed by atoms with E-state index in [0.29, 0.717) is 17.4 Å². The summed E-state index contributed by atoms with van der Waals surface area (Å²) in [5, 5.41) is 7.09. The predicted octanol–water partition coefficient (Wildman–Crippen LogP) is 3.41. The van der Waals surface area contributed by atoms with Crippen LogP contribution >= 0.6 is 0 Å². The van der Waals surface area contributed by atoms with Crippen LogP contribution < -0.4 is 5.32 Å². The highest BCUT2D eigenvalue weighted by Crippen LogP contribution is 2.31. The van der Waals surface area contributed by atoms with E-state index in [-0.39, 0.29) is 12.5 Å². The van der Waals surface area contributed by atoms with Crippen LogP contribution in [0.5, 0.6) is 0 Å². The van der Waals surface area contributed by atoms with Crippen molar-refractivity contribution in [1.82, 2.24) is 9.78 Å². The number of aromatic nitrogens is 2. The fourth-order valence-electron chi connectivity index (χ4n) is 3.11. The Morgan fingerprint density at radius 3 is 2.68 bits per heavy atom. The van der Waals surface area contributed by atoms with Gasteiger partial charge in [0.15, 0.2) is 6.61 Å². The molecule has 0 bridgehead atoms. The molecule has 1 heterocycles. The first-order chi connectivity index (χ1) is 12.0. The van der Waals surface area contributed by atoms with Gasteiger partial charge in [0.25, 0.3) is 5.91 Å². The standard InChI is InChI=1S/C19H23N3O3/c1-13-7-8-15(11-14(13)2)19(24)25-12-18(23)21-17-9-10-20-22(17)16-5-3-4-6-16/h7-11,16H,3-6,12H2,1-2H3,(H,21,23). The minimum absolute atomic E-state index is 0.318. The van der Waals surface area contributed by atoms with Crippen LogP contribution in [-0.2, 0) is 9.53 Å². The molecule has 1 aromatic heterocycles. The zero-order valence-electron chi connectivity index (χ0n) is 14.6. The molecule has 0 aliphatic heterocycles. The summed E-state index contributed by atoms with van der Waals surface area (Å²) in [7, 11) is 0. The molecule has 132 valence electrons. The van der Waals surface area contributed by atoms with Crippen molar-refractivity contribution in [2.75, 3.05) is 11.9 Å². The molecule has 1 N–H and O–H groups in total. The maximum atomic E-state index is 12.1. The third-order valence-electron chi connectivity index (χ3n) is 4.69. The molecule has 1 amide bonds. The van der Waals surface area contributed by atoms with Crippen molar-refractivity contribution in [3.8, 4) is 0 Å². The van der Waals surface area contributed by atoms with Gasteiger partial charge in [0, 0.05) is 6.07 Å². The quantitative estimate of drug-likeness (QED) is 0.846. The van der Waals surface area contributed by atoms with E-state index in [4.69, 9.17) is 4.74 Å². The van der Waals surface area contributed by atoms with Gasteiger partial charge < -0.3 is 10.1 Å². The van der Waals surface area contributed by atoms with Crippen molar-refractivity contribution in [2.24, 2.45) is 0 Å². The topological polar surface area (TPSA) is 73.2 Å².